The average molecular weight is 364 g/mol. The number of hydrogen-bond donors (Lipinski definition) is 1. The molecule has 0 amide bonds. The van der Waals surface area contributed by atoms with E-state index in [1.807, 2.05) is 0 Å². The first-order chi connectivity index (χ1) is 9.95. The molecule has 1 aliphatic heterocycles. The van der Waals surface area contributed by atoms with Gasteiger partial charge < -0.3 is 14.7 Å². The number of benzene rings is 1. The van der Waals surface area contributed by atoms with Crippen LogP contribution in [-0.4, -0.2) is 42.4 Å². The van der Waals surface area contributed by atoms with E-state index in [1.54, 1.807) is 0 Å². The van der Waals surface area contributed by atoms with Gasteiger partial charge in [-0.1, -0.05) is 22.9 Å². The highest BCUT2D eigenvalue weighted by Crippen LogP contribution is 2.26. The Balaban J connectivity index is 1.83. The van der Waals surface area contributed by atoms with E-state index in [-0.39, 0.29) is 6.61 Å². The summed E-state index contributed by atoms with van der Waals surface area (Å²) in [6.07, 6.45) is 1.47. The van der Waals surface area contributed by atoms with Gasteiger partial charge in [0, 0.05) is 11.0 Å². The standard InChI is InChI=1S/C15H20BrF2NO2/c1-10-2-4-19(5-3-10)8-12(20)9-21-15-13(17)6-11(16)7-14(15)18/h6-7,10,12,20H,2-5,8-9H2,1H3/t12-/m1/s1. The zero-order chi connectivity index (χ0) is 15.4. The quantitative estimate of drug-likeness (QED) is 0.871. The van der Waals surface area contributed by atoms with Crippen molar-refractivity contribution in [1.29, 1.82) is 0 Å². The first kappa shape index (κ1) is 16.6. The number of hydrogen-bond acceptors (Lipinski definition) is 3. The number of piperidine rings is 1. The molecule has 3 nitrogen and oxygen atoms in total. The van der Waals surface area contributed by atoms with E-state index < -0.39 is 23.5 Å². The summed E-state index contributed by atoms with van der Waals surface area (Å²) >= 11 is 3.01. The summed E-state index contributed by atoms with van der Waals surface area (Å²) in [5.74, 6) is -1.27. The minimum atomic E-state index is -0.777. The van der Waals surface area contributed by atoms with Crippen LogP contribution in [0.15, 0.2) is 16.6 Å². The summed E-state index contributed by atoms with van der Waals surface area (Å²) in [5.41, 5.74) is 0. The van der Waals surface area contributed by atoms with Crippen molar-refractivity contribution in [2.24, 2.45) is 5.92 Å². The van der Waals surface area contributed by atoms with Crippen LogP contribution in [0.3, 0.4) is 0 Å². The SMILES string of the molecule is CC1CCN(C[C@@H](O)COc2c(F)cc(Br)cc2F)CC1. The molecule has 1 aromatic carbocycles. The maximum Gasteiger partial charge on any atom is 0.190 e. The minimum absolute atomic E-state index is 0.123. The summed E-state index contributed by atoms with van der Waals surface area (Å²) in [5, 5.41) is 9.94. The van der Waals surface area contributed by atoms with Crippen molar-refractivity contribution in [2.45, 2.75) is 25.9 Å². The molecule has 1 N–H and O–H groups in total. The van der Waals surface area contributed by atoms with Gasteiger partial charge >= 0.3 is 0 Å². The van der Waals surface area contributed by atoms with Gasteiger partial charge in [0.25, 0.3) is 0 Å². The monoisotopic (exact) mass is 363 g/mol. The summed E-state index contributed by atoms with van der Waals surface area (Å²) in [4.78, 5) is 2.16. The molecule has 118 valence electrons. The maximum absolute atomic E-state index is 13.6. The third-order valence-electron chi connectivity index (χ3n) is 3.73. The van der Waals surface area contributed by atoms with Gasteiger partial charge in [-0.25, -0.2) is 8.78 Å². The van der Waals surface area contributed by atoms with Gasteiger partial charge in [0.1, 0.15) is 12.7 Å². The molecule has 0 saturated carbocycles. The fourth-order valence-corrected chi connectivity index (χ4v) is 2.84. The van der Waals surface area contributed by atoms with Gasteiger partial charge in [-0.2, -0.15) is 0 Å². The van der Waals surface area contributed by atoms with Crippen LogP contribution in [0.4, 0.5) is 8.78 Å². The second-order valence-electron chi connectivity index (χ2n) is 5.65. The van der Waals surface area contributed by atoms with Crippen molar-refractivity contribution in [3.8, 4) is 5.75 Å². The van der Waals surface area contributed by atoms with Crippen LogP contribution < -0.4 is 4.74 Å². The van der Waals surface area contributed by atoms with E-state index in [9.17, 15) is 13.9 Å². The van der Waals surface area contributed by atoms with Crippen LogP contribution in [0, 0.1) is 17.6 Å². The molecule has 0 unspecified atom stereocenters. The molecular formula is C15H20BrF2NO2. The van der Waals surface area contributed by atoms with Gasteiger partial charge in [-0.3, -0.25) is 0 Å². The number of halogens is 3. The van der Waals surface area contributed by atoms with Gasteiger partial charge in [-0.15, -0.1) is 0 Å². The van der Waals surface area contributed by atoms with E-state index >= 15 is 0 Å². The molecule has 0 radical (unpaired) electrons. The van der Waals surface area contributed by atoms with Gasteiger partial charge in [0.05, 0.1) is 0 Å². The Morgan fingerprint density at radius 3 is 2.48 bits per heavy atom. The minimum Gasteiger partial charge on any atom is -0.485 e. The van der Waals surface area contributed by atoms with Gasteiger partial charge in [-0.05, 0) is 44.0 Å². The number of aliphatic hydroxyl groups is 1. The summed E-state index contributed by atoms with van der Waals surface area (Å²) in [6, 6.07) is 2.27. The first-order valence-corrected chi connectivity index (χ1v) is 7.92. The van der Waals surface area contributed by atoms with Crippen molar-refractivity contribution in [2.75, 3.05) is 26.2 Å². The van der Waals surface area contributed by atoms with E-state index in [0.717, 1.165) is 44.0 Å². The molecule has 0 aromatic heterocycles. The summed E-state index contributed by atoms with van der Waals surface area (Å²) in [7, 11) is 0. The van der Waals surface area contributed by atoms with Crippen LogP contribution in [-0.2, 0) is 0 Å². The highest BCUT2D eigenvalue weighted by molar-refractivity contribution is 9.10. The van der Waals surface area contributed by atoms with E-state index in [0.29, 0.717) is 11.0 Å². The molecular weight excluding hydrogens is 344 g/mol. The van der Waals surface area contributed by atoms with E-state index in [4.69, 9.17) is 4.74 Å². The zero-order valence-electron chi connectivity index (χ0n) is 12.0. The Morgan fingerprint density at radius 1 is 1.33 bits per heavy atom. The fraction of sp³-hybridized carbons (Fsp3) is 0.600. The van der Waals surface area contributed by atoms with E-state index in [2.05, 4.69) is 27.8 Å². The Morgan fingerprint density at radius 2 is 1.90 bits per heavy atom. The lowest BCUT2D eigenvalue weighted by Gasteiger charge is -2.31. The largest absolute Gasteiger partial charge is 0.485 e. The molecule has 1 aliphatic rings. The molecule has 1 fully saturated rings. The number of likely N-dealkylation sites (tertiary alicyclic amines) is 1. The van der Waals surface area contributed by atoms with Crippen molar-refractivity contribution < 1.29 is 18.6 Å². The molecule has 0 aliphatic carbocycles. The lowest BCUT2D eigenvalue weighted by molar-refractivity contribution is 0.0539. The molecule has 1 aromatic rings. The zero-order valence-corrected chi connectivity index (χ0v) is 13.6. The Bertz CT molecular complexity index is 456. The second kappa shape index (κ2) is 7.51. The number of nitrogens with zero attached hydrogens (tertiary/aromatic N) is 1. The van der Waals surface area contributed by atoms with Crippen LogP contribution in [0.2, 0.25) is 0 Å². The van der Waals surface area contributed by atoms with Crippen LogP contribution in [0.1, 0.15) is 19.8 Å². The average Bonchev–Trinajstić information content (AvgIpc) is 2.40. The topological polar surface area (TPSA) is 32.7 Å². The van der Waals surface area contributed by atoms with Crippen molar-refractivity contribution in [1.82, 2.24) is 4.90 Å². The van der Waals surface area contributed by atoms with Crippen LogP contribution in [0.5, 0.6) is 5.75 Å². The van der Waals surface area contributed by atoms with Gasteiger partial charge in [0.2, 0.25) is 0 Å². The smallest absolute Gasteiger partial charge is 0.190 e. The molecule has 1 heterocycles. The third-order valence-corrected chi connectivity index (χ3v) is 4.19. The van der Waals surface area contributed by atoms with Crippen molar-refractivity contribution >= 4 is 15.9 Å². The molecule has 1 atom stereocenters. The molecule has 6 heteroatoms. The molecule has 21 heavy (non-hydrogen) atoms. The third kappa shape index (κ3) is 4.90. The Labute approximate surface area is 132 Å². The highest BCUT2D eigenvalue weighted by Gasteiger charge is 2.19. The van der Waals surface area contributed by atoms with Gasteiger partial charge in [0.15, 0.2) is 17.4 Å². The van der Waals surface area contributed by atoms with Crippen molar-refractivity contribution in [3.63, 3.8) is 0 Å². The van der Waals surface area contributed by atoms with Crippen LogP contribution >= 0.6 is 15.9 Å². The molecule has 0 bridgehead atoms. The number of ether oxygens (including phenoxy) is 1. The number of aliphatic hydroxyl groups excluding tert-OH is 1. The fourth-order valence-electron chi connectivity index (χ4n) is 2.44. The van der Waals surface area contributed by atoms with Crippen LogP contribution in [0.25, 0.3) is 0 Å². The molecule has 1 saturated heterocycles. The lowest BCUT2D eigenvalue weighted by atomic mass is 9.99. The number of β-amino-alcohol motifs (C(OH)–C–C–N with tert-alkyl or cyclic N) is 1. The van der Waals surface area contributed by atoms with Crippen molar-refractivity contribution in [3.05, 3.63) is 28.2 Å². The summed E-state index contributed by atoms with van der Waals surface area (Å²) in [6.45, 7) is 4.45. The molecule has 0 spiro atoms. The predicted octanol–water partition coefficient (Wildman–Crippen LogP) is 3.20. The lowest BCUT2D eigenvalue weighted by Crippen LogP contribution is -2.40. The summed E-state index contributed by atoms with van der Waals surface area (Å²) < 4.78 is 32.6. The van der Waals surface area contributed by atoms with E-state index in [1.165, 1.54) is 0 Å². The normalized spacial score (nSPS) is 18.7. The first-order valence-electron chi connectivity index (χ1n) is 7.13. The Kier molecular flexibility index (Phi) is 5.96. The maximum atomic E-state index is 13.6. The highest BCUT2D eigenvalue weighted by atomic mass is 79.9. The second-order valence-corrected chi connectivity index (χ2v) is 6.56. The molecule has 2 rings (SSSR count). The Hall–Kier alpha value is -0.720. The number of rotatable bonds is 5. The predicted molar refractivity (Wildman–Crippen MR) is 80.4 cm³/mol.